The van der Waals surface area contributed by atoms with Crippen molar-refractivity contribution in [3.63, 3.8) is 0 Å². The van der Waals surface area contributed by atoms with E-state index in [1.807, 2.05) is 25.1 Å². The van der Waals surface area contributed by atoms with Gasteiger partial charge in [-0.25, -0.2) is 0 Å². The first-order valence-corrected chi connectivity index (χ1v) is 7.52. The number of piperidine rings is 1. The minimum atomic E-state index is -0.217. The van der Waals surface area contributed by atoms with Gasteiger partial charge in [0.05, 0.1) is 11.8 Å². The van der Waals surface area contributed by atoms with E-state index >= 15 is 0 Å². The van der Waals surface area contributed by atoms with Gasteiger partial charge in [0.1, 0.15) is 0 Å². The summed E-state index contributed by atoms with van der Waals surface area (Å²) in [4.78, 5) is 13.7. The molecule has 1 aromatic rings. The molecule has 3 nitrogen and oxygen atoms in total. The average molecular weight is 326 g/mol. The second-order valence-electron chi connectivity index (χ2n) is 5.29. The number of aliphatic hydroxyl groups is 1. The fourth-order valence-corrected chi connectivity index (χ4v) is 3.23. The van der Waals surface area contributed by atoms with E-state index in [0.717, 1.165) is 41.7 Å². The second-order valence-corrected chi connectivity index (χ2v) is 6.14. The van der Waals surface area contributed by atoms with Crippen LogP contribution in [0.25, 0.3) is 0 Å². The van der Waals surface area contributed by atoms with Crippen molar-refractivity contribution >= 4 is 27.4 Å². The van der Waals surface area contributed by atoms with Crippen LogP contribution in [0.2, 0.25) is 0 Å². The average Bonchev–Trinajstić information content (AvgIpc) is 2.38. The fourth-order valence-electron chi connectivity index (χ4n) is 2.61. The lowest BCUT2D eigenvalue weighted by Gasteiger charge is -2.35. The van der Waals surface area contributed by atoms with Gasteiger partial charge in [-0.1, -0.05) is 0 Å². The van der Waals surface area contributed by atoms with Gasteiger partial charge in [0.15, 0.2) is 5.78 Å². The molecule has 0 bridgehead atoms. The summed E-state index contributed by atoms with van der Waals surface area (Å²) in [5.74, 6) is 0.492. The second kappa shape index (κ2) is 6.06. The van der Waals surface area contributed by atoms with Crippen LogP contribution < -0.4 is 4.90 Å². The van der Waals surface area contributed by atoms with Crippen LogP contribution in [0, 0.1) is 5.92 Å². The number of nitrogens with zero attached hydrogens (tertiary/aromatic N) is 1. The standard InChI is InChI=1S/C15H20BrNO2/c1-10(18)12-5-7-17(8-6-12)15-4-3-13(11(2)19)9-14(15)16/h3-4,9-10,12,18H,5-8H2,1-2H3. The first kappa shape index (κ1) is 14.5. The summed E-state index contributed by atoms with van der Waals surface area (Å²) < 4.78 is 0.968. The number of aliphatic hydroxyl groups excluding tert-OH is 1. The van der Waals surface area contributed by atoms with E-state index in [2.05, 4.69) is 20.8 Å². The van der Waals surface area contributed by atoms with E-state index in [9.17, 15) is 9.90 Å². The third-order valence-corrected chi connectivity index (χ3v) is 4.55. The molecule has 2 rings (SSSR count). The Morgan fingerprint density at radius 1 is 1.42 bits per heavy atom. The van der Waals surface area contributed by atoms with Crippen molar-refractivity contribution in [2.45, 2.75) is 32.8 Å². The molecule has 0 amide bonds. The Balaban J connectivity index is 2.09. The number of ketones is 1. The Bertz CT molecular complexity index is 465. The molecule has 1 heterocycles. The Labute approximate surface area is 122 Å². The van der Waals surface area contributed by atoms with Gasteiger partial charge in [0.2, 0.25) is 0 Å². The minimum absolute atomic E-state index is 0.0834. The maximum Gasteiger partial charge on any atom is 0.159 e. The molecule has 0 radical (unpaired) electrons. The zero-order valence-electron chi connectivity index (χ0n) is 11.4. The lowest BCUT2D eigenvalue weighted by Crippen LogP contribution is -2.37. The number of benzene rings is 1. The van der Waals surface area contributed by atoms with Crippen molar-refractivity contribution in [1.29, 1.82) is 0 Å². The largest absolute Gasteiger partial charge is 0.393 e. The van der Waals surface area contributed by atoms with Crippen LogP contribution in [0.3, 0.4) is 0 Å². The molecule has 1 aliphatic heterocycles. The van der Waals surface area contributed by atoms with Gasteiger partial charge in [-0.3, -0.25) is 4.79 Å². The molecule has 1 saturated heterocycles. The molecule has 1 aliphatic rings. The van der Waals surface area contributed by atoms with Crippen LogP contribution in [0.5, 0.6) is 0 Å². The summed E-state index contributed by atoms with van der Waals surface area (Å²) >= 11 is 3.55. The van der Waals surface area contributed by atoms with E-state index in [1.54, 1.807) is 6.92 Å². The highest BCUT2D eigenvalue weighted by atomic mass is 79.9. The van der Waals surface area contributed by atoms with Crippen LogP contribution in [0.1, 0.15) is 37.0 Å². The molecule has 1 N–H and O–H groups in total. The molecule has 0 aromatic heterocycles. The molecule has 0 spiro atoms. The van der Waals surface area contributed by atoms with Crippen molar-refractivity contribution in [3.8, 4) is 0 Å². The Hall–Kier alpha value is -0.870. The highest BCUT2D eigenvalue weighted by Gasteiger charge is 2.23. The number of rotatable bonds is 3. The van der Waals surface area contributed by atoms with Crippen molar-refractivity contribution in [3.05, 3.63) is 28.2 Å². The van der Waals surface area contributed by atoms with Gasteiger partial charge >= 0.3 is 0 Å². The van der Waals surface area contributed by atoms with E-state index in [0.29, 0.717) is 5.92 Å². The maximum atomic E-state index is 11.3. The van der Waals surface area contributed by atoms with Crippen LogP contribution in [0.4, 0.5) is 5.69 Å². The fraction of sp³-hybridized carbons (Fsp3) is 0.533. The van der Waals surface area contributed by atoms with Crippen LogP contribution in [-0.4, -0.2) is 30.1 Å². The maximum absolute atomic E-state index is 11.3. The quantitative estimate of drug-likeness (QED) is 0.867. The molecular formula is C15H20BrNO2. The van der Waals surface area contributed by atoms with Crippen molar-refractivity contribution in [2.75, 3.05) is 18.0 Å². The van der Waals surface area contributed by atoms with E-state index in [4.69, 9.17) is 0 Å². The van der Waals surface area contributed by atoms with E-state index in [-0.39, 0.29) is 11.9 Å². The smallest absolute Gasteiger partial charge is 0.159 e. The summed E-state index contributed by atoms with van der Waals surface area (Å²) in [5, 5.41) is 9.62. The molecule has 1 atom stereocenters. The van der Waals surface area contributed by atoms with Gasteiger partial charge in [0.25, 0.3) is 0 Å². The molecule has 1 unspecified atom stereocenters. The monoisotopic (exact) mass is 325 g/mol. The molecule has 0 aliphatic carbocycles. The number of halogens is 1. The SMILES string of the molecule is CC(=O)c1ccc(N2CCC(C(C)O)CC2)c(Br)c1. The van der Waals surface area contributed by atoms with Crippen molar-refractivity contribution in [2.24, 2.45) is 5.92 Å². The van der Waals surface area contributed by atoms with Crippen LogP contribution in [-0.2, 0) is 0 Å². The van der Waals surface area contributed by atoms with Gasteiger partial charge < -0.3 is 10.0 Å². The van der Waals surface area contributed by atoms with Crippen molar-refractivity contribution in [1.82, 2.24) is 0 Å². The first-order chi connectivity index (χ1) is 8.99. The van der Waals surface area contributed by atoms with Gasteiger partial charge in [0, 0.05) is 23.1 Å². The highest BCUT2D eigenvalue weighted by molar-refractivity contribution is 9.10. The zero-order chi connectivity index (χ0) is 14.0. The lowest BCUT2D eigenvalue weighted by atomic mass is 9.92. The summed E-state index contributed by atoms with van der Waals surface area (Å²) in [6, 6.07) is 5.77. The number of carbonyl (C=O) groups excluding carboxylic acids is 1. The minimum Gasteiger partial charge on any atom is -0.393 e. The summed E-state index contributed by atoms with van der Waals surface area (Å²) in [6.07, 6.45) is 1.81. The Morgan fingerprint density at radius 2 is 2.05 bits per heavy atom. The first-order valence-electron chi connectivity index (χ1n) is 6.72. The van der Waals surface area contributed by atoms with Crippen LogP contribution >= 0.6 is 15.9 Å². The summed E-state index contributed by atoms with van der Waals surface area (Å²) in [6.45, 7) is 5.36. The third-order valence-electron chi connectivity index (χ3n) is 3.92. The number of Topliss-reactive ketones (excluding diaryl/α,β-unsaturated/α-hetero) is 1. The van der Waals surface area contributed by atoms with Gasteiger partial charge in [-0.05, 0) is 66.7 Å². The molecular weight excluding hydrogens is 306 g/mol. The molecule has 1 fully saturated rings. The number of carbonyl (C=O) groups is 1. The number of hydrogen-bond acceptors (Lipinski definition) is 3. The summed E-state index contributed by atoms with van der Waals surface area (Å²) in [5.41, 5.74) is 1.86. The number of hydrogen-bond donors (Lipinski definition) is 1. The Kier molecular flexibility index (Phi) is 4.63. The Morgan fingerprint density at radius 3 is 2.53 bits per heavy atom. The molecule has 104 valence electrons. The van der Waals surface area contributed by atoms with Gasteiger partial charge in [-0.15, -0.1) is 0 Å². The lowest BCUT2D eigenvalue weighted by molar-refractivity contribution is 0.101. The molecule has 1 aromatic carbocycles. The molecule has 4 heteroatoms. The molecule has 0 saturated carbocycles. The van der Waals surface area contributed by atoms with Crippen LogP contribution in [0.15, 0.2) is 22.7 Å². The normalized spacial score (nSPS) is 18.4. The molecule has 19 heavy (non-hydrogen) atoms. The van der Waals surface area contributed by atoms with Gasteiger partial charge in [-0.2, -0.15) is 0 Å². The topological polar surface area (TPSA) is 40.5 Å². The zero-order valence-corrected chi connectivity index (χ0v) is 13.0. The predicted octanol–water partition coefficient (Wildman–Crippen LogP) is 3.25. The third kappa shape index (κ3) is 3.37. The van der Waals surface area contributed by atoms with E-state index in [1.165, 1.54) is 0 Å². The summed E-state index contributed by atoms with van der Waals surface area (Å²) in [7, 11) is 0. The highest BCUT2D eigenvalue weighted by Crippen LogP contribution is 2.31. The van der Waals surface area contributed by atoms with E-state index < -0.39 is 0 Å². The van der Waals surface area contributed by atoms with Crippen molar-refractivity contribution < 1.29 is 9.90 Å². The number of anilines is 1. The predicted molar refractivity (Wildman–Crippen MR) is 80.8 cm³/mol.